The van der Waals surface area contributed by atoms with Gasteiger partial charge in [-0.1, -0.05) is 84.9 Å². The van der Waals surface area contributed by atoms with Crippen LogP contribution in [-0.2, 0) is 0 Å². The zero-order chi connectivity index (χ0) is 26.7. The maximum Gasteiger partial charge on any atom is 0.0653 e. The highest BCUT2D eigenvalue weighted by atomic mass is 32.1. The summed E-state index contributed by atoms with van der Waals surface area (Å²) < 4.78 is 5.06. The van der Waals surface area contributed by atoms with Crippen LogP contribution in [0.4, 0.5) is 0 Å². The smallest absolute Gasteiger partial charge is 0.0653 e. The Hall–Kier alpha value is -5.12. The predicted octanol–water partition coefficient (Wildman–Crippen LogP) is 11.1. The van der Waals surface area contributed by atoms with Gasteiger partial charge in [0.15, 0.2) is 0 Å². The lowest BCUT2D eigenvalue weighted by Gasteiger charge is -2.07. The van der Waals surface area contributed by atoms with E-state index in [1.807, 2.05) is 11.3 Å². The van der Waals surface area contributed by atoms with Crippen LogP contribution in [0.1, 0.15) is 0 Å². The summed E-state index contributed by atoms with van der Waals surface area (Å²) in [7, 11) is 0. The monoisotopic (exact) mass is 538 g/mol. The Kier molecular flexibility index (Phi) is 4.10. The lowest BCUT2D eigenvalue weighted by molar-refractivity contribution is 1.18. The Balaban J connectivity index is 1.42. The van der Waals surface area contributed by atoms with Gasteiger partial charge < -0.3 is 9.55 Å². The molecule has 2 nitrogen and oxygen atoms in total. The molecule has 0 aliphatic rings. The largest absolute Gasteiger partial charge is 0.353 e. The molecule has 1 N–H and O–H groups in total. The molecule has 0 amide bonds. The van der Waals surface area contributed by atoms with Gasteiger partial charge in [0, 0.05) is 48.2 Å². The van der Waals surface area contributed by atoms with Crippen LogP contribution in [0.5, 0.6) is 0 Å². The number of hydrogen-bond acceptors (Lipinski definition) is 1. The van der Waals surface area contributed by atoms with E-state index in [1.54, 1.807) is 0 Å². The molecule has 0 atom stereocenters. The molecule has 190 valence electrons. The van der Waals surface area contributed by atoms with Gasteiger partial charge in [-0.3, -0.25) is 0 Å². The van der Waals surface area contributed by atoms with Gasteiger partial charge in [0.05, 0.1) is 21.3 Å². The molecule has 7 aromatic carbocycles. The van der Waals surface area contributed by atoms with E-state index in [2.05, 4.69) is 137 Å². The van der Waals surface area contributed by atoms with Crippen molar-refractivity contribution >= 4 is 96.7 Å². The highest BCUT2D eigenvalue weighted by Crippen LogP contribution is 2.48. The van der Waals surface area contributed by atoms with E-state index in [0.717, 1.165) is 0 Å². The van der Waals surface area contributed by atoms with Crippen LogP contribution < -0.4 is 0 Å². The van der Waals surface area contributed by atoms with E-state index in [4.69, 9.17) is 0 Å². The summed E-state index contributed by atoms with van der Waals surface area (Å²) in [5.74, 6) is 0. The number of H-pyrrole nitrogens is 1. The molecule has 0 aliphatic heterocycles. The van der Waals surface area contributed by atoms with Crippen molar-refractivity contribution in [1.82, 2.24) is 9.55 Å². The maximum atomic E-state index is 3.87. The van der Waals surface area contributed by atoms with Gasteiger partial charge in [-0.25, -0.2) is 0 Å². The summed E-state index contributed by atoms with van der Waals surface area (Å²) in [6.07, 6.45) is 0. The van der Waals surface area contributed by atoms with Crippen molar-refractivity contribution in [1.29, 1.82) is 0 Å². The number of aromatic nitrogens is 2. The molecule has 0 aliphatic carbocycles. The zero-order valence-corrected chi connectivity index (χ0v) is 22.8. The Morgan fingerprint density at radius 3 is 2.00 bits per heavy atom. The van der Waals surface area contributed by atoms with Gasteiger partial charge in [0.1, 0.15) is 0 Å². The predicted molar refractivity (Wildman–Crippen MR) is 178 cm³/mol. The minimum Gasteiger partial charge on any atom is -0.353 e. The quantitative estimate of drug-likeness (QED) is 0.215. The fraction of sp³-hybridized carbons (Fsp3) is 0. The highest BCUT2D eigenvalue weighted by molar-refractivity contribution is 7.27. The van der Waals surface area contributed by atoms with Crippen molar-refractivity contribution in [2.45, 2.75) is 0 Å². The number of rotatable bonds is 1. The average Bonchev–Trinajstić information content (AvgIpc) is 3.68. The van der Waals surface area contributed by atoms with E-state index in [9.17, 15) is 0 Å². The van der Waals surface area contributed by atoms with E-state index < -0.39 is 0 Å². The number of aromatic amines is 1. The molecular weight excluding hydrogens is 516 g/mol. The molecule has 0 fully saturated rings. The first-order valence-electron chi connectivity index (χ1n) is 14.0. The lowest BCUT2D eigenvalue weighted by atomic mass is 9.97. The van der Waals surface area contributed by atoms with Crippen molar-refractivity contribution in [2.24, 2.45) is 0 Å². The van der Waals surface area contributed by atoms with Crippen molar-refractivity contribution in [3.8, 4) is 5.69 Å². The standard InChI is InChI=1S/C38H22N2S/c1-2-12-24(13-3-1)40-32-17-9-8-14-25(32)28-20-30-34(21-33(28)40)41-38-36(30)27-16-7-6-15-26(27)35-29-18-22-10-4-5-11-23(22)19-31(29)39-37(35)38/h1-21,39H. The maximum absolute atomic E-state index is 3.87. The molecule has 0 spiro atoms. The van der Waals surface area contributed by atoms with Crippen molar-refractivity contribution in [3.05, 3.63) is 127 Å². The second kappa shape index (κ2) is 7.75. The zero-order valence-electron chi connectivity index (χ0n) is 22.0. The highest BCUT2D eigenvalue weighted by Gasteiger charge is 2.20. The van der Waals surface area contributed by atoms with Crippen LogP contribution in [0.2, 0.25) is 0 Å². The molecule has 10 aromatic rings. The second-order valence-electron chi connectivity index (χ2n) is 11.0. The first kappa shape index (κ1) is 21.7. The molecule has 0 unspecified atom stereocenters. The van der Waals surface area contributed by atoms with Crippen LogP contribution in [-0.4, -0.2) is 9.55 Å². The molecule has 3 heteroatoms. The van der Waals surface area contributed by atoms with Crippen molar-refractivity contribution in [3.63, 3.8) is 0 Å². The third-order valence-electron chi connectivity index (χ3n) is 8.85. The van der Waals surface area contributed by atoms with Gasteiger partial charge in [-0.15, -0.1) is 11.3 Å². The minimum atomic E-state index is 1.19. The Morgan fingerprint density at radius 1 is 0.488 bits per heavy atom. The topological polar surface area (TPSA) is 20.7 Å². The second-order valence-corrected chi connectivity index (χ2v) is 12.1. The Morgan fingerprint density at radius 2 is 1.17 bits per heavy atom. The third-order valence-corrected chi connectivity index (χ3v) is 10.0. The number of fused-ring (bicyclic) bond motifs is 14. The van der Waals surface area contributed by atoms with E-state index in [0.29, 0.717) is 0 Å². The number of nitrogens with zero attached hydrogens (tertiary/aromatic N) is 1. The molecule has 41 heavy (non-hydrogen) atoms. The molecule has 3 heterocycles. The van der Waals surface area contributed by atoms with Crippen LogP contribution in [0.15, 0.2) is 127 Å². The van der Waals surface area contributed by atoms with Crippen LogP contribution in [0.3, 0.4) is 0 Å². The van der Waals surface area contributed by atoms with Crippen LogP contribution >= 0.6 is 11.3 Å². The SMILES string of the molecule is c1ccc(-n2c3ccccc3c3cc4c(cc32)sc2c3[nH]c5cc6ccccc6cc5c3c3ccccc3c42)cc1. The van der Waals surface area contributed by atoms with Crippen LogP contribution in [0, 0.1) is 0 Å². The lowest BCUT2D eigenvalue weighted by Crippen LogP contribution is -1.92. The summed E-state index contributed by atoms with van der Waals surface area (Å²) in [6.45, 7) is 0. The molecular formula is C38H22N2S. The third kappa shape index (κ3) is 2.81. The number of thiophene rings is 1. The molecule has 10 rings (SSSR count). The molecule has 0 saturated carbocycles. The molecule has 0 saturated heterocycles. The number of hydrogen-bond donors (Lipinski definition) is 1. The normalized spacial score (nSPS) is 12.4. The fourth-order valence-corrected chi connectivity index (χ4v) is 8.35. The Labute approximate surface area is 238 Å². The van der Waals surface area contributed by atoms with Crippen molar-refractivity contribution in [2.75, 3.05) is 0 Å². The summed E-state index contributed by atoms with van der Waals surface area (Å²) in [5.41, 5.74) is 6.12. The van der Waals surface area contributed by atoms with Crippen molar-refractivity contribution < 1.29 is 0 Å². The van der Waals surface area contributed by atoms with Crippen LogP contribution in [0.25, 0.3) is 91.0 Å². The van der Waals surface area contributed by atoms with E-state index in [-0.39, 0.29) is 0 Å². The summed E-state index contributed by atoms with van der Waals surface area (Å²) in [4.78, 5) is 3.87. The van der Waals surface area contributed by atoms with E-state index >= 15 is 0 Å². The summed E-state index contributed by atoms with van der Waals surface area (Å²) >= 11 is 1.91. The number of nitrogens with one attached hydrogen (secondary N) is 1. The minimum absolute atomic E-state index is 1.19. The van der Waals surface area contributed by atoms with Gasteiger partial charge in [0.25, 0.3) is 0 Å². The molecule has 0 bridgehead atoms. The fourth-order valence-electron chi connectivity index (χ4n) is 7.11. The van der Waals surface area contributed by atoms with Gasteiger partial charge in [-0.2, -0.15) is 0 Å². The van der Waals surface area contributed by atoms with E-state index in [1.165, 1.54) is 91.0 Å². The average molecular weight is 539 g/mol. The van der Waals surface area contributed by atoms with Gasteiger partial charge in [0.2, 0.25) is 0 Å². The summed E-state index contributed by atoms with van der Waals surface area (Å²) in [6, 6.07) is 46.7. The number of benzene rings is 7. The first-order chi connectivity index (χ1) is 20.3. The number of para-hydroxylation sites is 2. The molecule has 3 aromatic heterocycles. The van der Waals surface area contributed by atoms with Gasteiger partial charge in [-0.05, 0) is 64.0 Å². The van der Waals surface area contributed by atoms with Gasteiger partial charge >= 0.3 is 0 Å². The first-order valence-corrected chi connectivity index (χ1v) is 14.8. The summed E-state index contributed by atoms with van der Waals surface area (Å²) in [5, 5.41) is 13.0. The Bertz CT molecular complexity index is 2690. The molecule has 0 radical (unpaired) electrons.